The molecule has 0 heterocycles. The van der Waals surface area contributed by atoms with Crippen LogP contribution in [0.5, 0.6) is 0 Å². The van der Waals surface area contributed by atoms with Gasteiger partial charge in [-0.05, 0) is 49.0 Å². The van der Waals surface area contributed by atoms with Crippen LogP contribution in [0.4, 0.5) is 4.39 Å². The predicted molar refractivity (Wildman–Crippen MR) is 82.3 cm³/mol. The molecule has 0 aromatic heterocycles. The minimum Gasteiger partial charge on any atom is -0.295 e. The molecular weight excluding hydrogens is 251 g/mol. The summed E-state index contributed by atoms with van der Waals surface area (Å²) in [4.78, 5) is 11.7. The number of allylic oxidation sites excluding steroid dienone is 2. The Balaban J connectivity index is 2.96. The lowest BCUT2D eigenvalue weighted by Crippen LogP contribution is -2.06. The van der Waals surface area contributed by atoms with Gasteiger partial charge in [-0.3, -0.25) is 4.79 Å². The topological polar surface area (TPSA) is 17.1 Å². The van der Waals surface area contributed by atoms with Crippen LogP contribution >= 0.6 is 0 Å². The number of aryl methyl sites for hydroxylation is 1. The fourth-order valence-corrected chi connectivity index (χ4v) is 2.35. The molecule has 0 spiro atoms. The van der Waals surface area contributed by atoms with E-state index in [-0.39, 0.29) is 11.6 Å². The first-order chi connectivity index (χ1) is 9.47. The van der Waals surface area contributed by atoms with Crippen LogP contribution in [0.25, 0.3) is 0 Å². The average molecular weight is 276 g/mol. The van der Waals surface area contributed by atoms with Gasteiger partial charge in [0.15, 0.2) is 5.78 Å². The molecule has 1 aromatic carbocycles. The molecule has 20 heavy (non-hydrogen) atoms. The molecule has 1 aromatic rings. The molecule has 0 saturated heterocycles. The smallest absolute Gasteiger partial charge is 0.155 e. The molecule has 0 bridgehead atoms. The number of hydrogen-bond donors (Lipinski definition) is 0. The summed E-state index contributed by atoms with van der Waals surface area (Å²) in [5.74, 6) is 0.383. The van der Waals surface area contributed by atoms with Gasteiger partial charge < -0.3 is 0 Å². The van der Waals surface area contributed by atoms with E-state index in [1.54, 1.807) is 13.0 Å². The van der Waals surface area contributed by atoms with Crippen molar-refractivity contribution in [2.24, 2.45) is 5.92 Å². The zero-order valence-corrected chi connectivity index (χ0v) is 13.0. The van der Waals surface area contributed by atoms with Gasteiger partial charge in [0.25, 0.3) is 0 Å². The van der Waals surface area contributed by atoms with Gasteiger partial charge in [0.1, 0.15) is 5.82 Å². The van der Waals surface area contributed by atoms with Crippen LogP contribution in [-0.2, 0) is 11.2 Å². The summed E-state index contributed by atoms with van der Waals surface area (Å²) < 4.78 is 13.3. The number of halogens is 1. The molecule has 0 N–H and O–H groups in total. The third kappa shape index (κ3) is 4.92. The third-order valence-corrected chi connectivity index (χ3v) is 3.68. The lowest BCUT2D eigenvalue weighted by atomic mass is 9.89. The molecule has 0 radical (unpaired) electrons. The second-order valence-electron chi connectivity index (χ2n) is 5.49. The van der Waals surface area contributed by atoms with Gasteiger partial charge in [-0.1, -0.05) is 44.9 Å². The lowest BCUT2D eigenvalue weighted by Gasteiger charge is -2.16. The van der Waals surface area contributed by atoms with Crippen molar-refractivity contribution >= 4 is 5.78 Å². The maximum Gasteiger partial charge on any atom is 0.155 e. The highest BCUT2D eigenvalue weighted by Gasteiger charge is 2.11. The first-order valence-electron chi connectivity index (χ1n) is 7.46. The average Bonchev–Trinajstić information content (AvgIpc) is 2.42. The summed E-state index contributed by atoms with van der Waals surface area (Å²) in [6.07, 6.45) is 5.22. The standard InChI is InChI=1S/C18H25FO/c1-5-7-13(3)16(12-17(20)6-2)11-15-8-9-18(19)14(4)10-15/h8-10,12-13H,5-7,11H2,1-4H3/b16-12-. The molecule has 0 aliphatic carbocycles. The number of hydrogen-bond acceptors (Lipinski definition) is 1. The normalized spacial score (nSPS) is 13.3. The maximum atomic E-state index is 13.3. The van der Waals surface area contributed by atoms with E-state index in [1.165, 1.54) is 6.07 Å². The van der Waals surface area contributed by atoms with E-state index in [2.05, 4.69) is 13.8 Å². The fraction of sp³-hybridized carbons (Fsp3) is 0.500. The monoisotopic (exact) mass is 276 g/mol. The maximum absolute atomic E-state index is 13.3. The number of ketones is 1. The van der Waals surface area contributed by atoms with E-state index >= 15 is 0 Å². The summed E-state index contributed by atoms with van der Waals surface area (Å²) in [6.45, 7) is 7.96. The number of carbonyl (C=O) groups excluding carboxylic acids is 1. The number of carbonyl (C=O) groups is 1. The highest BCUT2D eigenvalue weighted by molar-refractivity contribution is 5.90. The Kier molecular flexibility index (Phi) is 6.63. The quantitative estimate of drug-likeness (QED) is 0.639. The first kappa shape index (κ1) is 16.6. The van der Waals surface area contributed by atoms with Crippen molar-refractivity contribution in [3.8, 4) is 0 Å². The van der Waals surface area contributed by atoms with Crippen LogP contribution in [0.3, 0.4) is 0 Å². The van der Waals surface area contributed by atoms with Crippen LogP contribution < -0.4 is 0 Å². The molecule has 0 fully saturated rings. The SMILES string of the molecule is CCCC(C)/C(=C\C(=O)CC)Cc1ccc(F)c(C)c1. The summed E-state index contributed by atoms with van der Waals surface area (Å²) in [5.41, 5.74) is 2.89. The first-order valence-corrected chi connectivity index (χ1v) is 7.46. The Morgan fingerprint density at radius 2 is 2.05 bits per heavy atom. The second-order valence-corrected chi connectivity index (χ2v) is 5.49. The van der Waals surface area contributed by atoms with Crippen molar-refractivity contribution in [3.63, 3.8) is 0 Å². The molecule has 110 valence electrons. The van der Waals surface area contributed by atoms with E-state index < -0.39 is 0 Å². The predicted octanol–water partition coefficient (Wildman–Crippen LogP) is 5.02. The van der Waals surface area contributed by atoms with Gasteiger partial charge in [0.2, 0.25) is 0 Å². The summed E-state index contributed by atoms with van der Waals surface area (Å²) in [6, 6.07) is 5.19. The lowest BCUT2D eigenvalue weighted by molar-refractivity contribution is -0.114. The second kappa shape index (κ2) is 7.98. The van der Waals surface area contributed by atoms with Crippen LogP contribution in [0.2, 0.25) is 0 Å². The summed E-state index contributed by atoms with van der Waals surface area (Å²) in [7, 11) is 0. The van der Waals surface area contributed by atoms with Gasteiger partial charge in [-0.15, -0.1) is 0 Å². The largest absolute Gasteiger partial charge is 0.295 e. The Morgan fingerprint density at radius 1 is 1.35 bits per heavy atom. The number of benzene rings is 1. The highest BCUT2D eigenvalue weighted by Crippen LogP contribution is 2.22. The highest BCUT2D eigenvalue weighted by atomic mass is 19.1. The van der Waals surface area contributed by atoms with Crippen molar-refractivity contribution in [2.75, 3.05) is 0 Å². The summed E-state index contributed by atoms with van der Waals surface area (Å²) in [5, 5.41) is 0. The molecule has 1 unspecified atom stereocenters. The Morgan fingerprint density at radius 3 is 2.60 bits per heavy atom. The van der Waals surface area contributed by atoms with Crippen molar-refractivity contribution in [2.45, 2.75) is 53.4 Å². The molecule has 0 amide bonds. The van der Waals surface area contributed by atoms with E-state index in [9.17, 15) is 9.18 Å². The molecular formula is C18H25FO. The molecule has 0 aliphatic rings. The van der Waals surface area contributed by atoms with Gasteiger partial charge >= 0.3 is 0 Å². The Labute approximate surface area is 121 Å². The van der Waals surface area contributed by atoms with E-state index in [0.29, 0.717) is 17.9 Å². The van der Waals surface area contributed by atoms with Gasteiger partial charge in [-0.25, -0.2) is 4.39 Å². The zero-order chi connectivity index (χ0) is 15.1. The molecule has 1 rings (SSSR count). The van der Waals surface area contributed by atoms with Gasteiger partial charge in [0.05, 0.1) is 0 Å². The Bertz CT molecular complexity index is 488. The van der Waals surface area contributed by atoms with Crippen LogP contribution in [-0.4, -0.2) is 5.78 Å². The summed E-state index contributed by atoms with van der Waals surface area (Å²) >= 11 is 0. The molecule has 1 nitrogen and oxygen atoms in total. The minimum absolute atomic E-state index is 0.168. The van der Waals surface area contributed by atoms with E-state index in [1.807, 2.05) is 19.1 Å². The molecule has 0 saturated carbocycles. The van der Waals surface area contributed by atoms with Gasteiger partial charge in [-0.2, -0.15) is 0 Å². The third-order valence-electron chi connectivity index (χ3n) is 3.68. The molecule has 1 atom stereocenters. The zero-order valence-electron chi connectivity index (χ0n) is 13.0. The van der Waals surface area contributed by atoms with Crippen LogP contribution in [0.15, 0.2) is 29.8 Å². The van der Waals surface area contributed by atoms with Gasteiger partial charge in [0, 0.05) is 6.42 Å². The molecule has 0 aliphatic heterocycles. The fourth-order valence-electron chi connectivity index (χ4n) is 2.35. The number of rotatable bonds is 7. The van der Waals surface area contributed by atoms with Crippen molar-refractivity contribution in [3.05, 3.63) is 46.8 Å². The van der Waals surface area contributed by atoms with Crippen LogP contribution in [0, 0.1) is 18.7 Å². The van der Waals surface area contributed by atoms with E-state index in [0.717, 1.165) is 30.4 Å². The molecule has 2 heteroatoms. The van der Waals surface area contributed by atoms with Crippen molar-refractivity contribution < 1.29 is 9.18 Å². The van der Waals surface area contributed by atoms with Crippen LogP contribution in [0.1, 0.15) is 51.2 Å². The Hall–Kier alpha value is -1.44. The van der Waals surface area contributed by atoms with Crippen molar-refractivity contribution in [1.82, 2.24) is 0 Å². The minimum atomic E-state index is -0.175. The van der Waals surface area contributed by atoms with E-state index in [4.69, 9.17) is 0 Å². The van der Waals surface area contributed by atoms with Crippen molar-refractivity contribution in [1.29, 1.82) is 0 Å².